The van der Waals surface area contributed by atoms with Gasteiger partial charge in [0, 0.05) is 6.42 Å². The maximum atomic E-state index is 12.7. The van der Waals surface area contributed by atoms with E-state index in [2.05, 4.69) is 5.32 Å². The molecule has 0 unspecified atom stereocenters. The Labute approximate surface area is 207 Å². The number of primary sulfonamides is 1. The van der Waals surface area contributed by atoms with Crippen molar-refractivity contribution in [2.24, 2.45) is 5.14 Å². The number of carbonyl (C=O) groups excluding carboxylic acids is 3. The monoisotopic (exact) mass is 530 g/mol. The average Bonchev–Trinajstić information content (AvgIpc) is 3.32. The van der Waals surface area contributed by atoms with Gasteiger partial charge in [-0.25, -0.2) is 18.4 Å². The van der Waals surface area contributed by atoms with Crippen LogP contribution in [0.1, 0.15) is 48.7 Å². The van der Waals surface area contributed by atoms with E-state index >= 15 is 0 Å². The van der Waals surface area contributed by atoms with Gasteiger partial charge in [-0.2, -0.15) is 0 Å². The van der Waals surface area contributed by atoms with Crippen LogP contribution in [0.5, 0.6) is 0 Å². The van der Waals surface area contributed by atoms with Gasteiger partial charge in [-0.05, 0) is 30.7 Å². The Bertz CT molecular complexity index is 1120. The van der Waals surface area contributed by atoms with Gasteiger partial charge in [0.25, 0.3) is 0 Å². The fourth-order valence-corrected chi connectivity index (χ4v) is 3.83. The molecule has 13 heteroatoms. The van der Waals surface area contributed by atoms with E-state index in [1.807, 2.05) is 6.92 Å². The van der Waals surface area contributed by atoms with Gasteiger partial charge in [-0.1, -0.05) is 18.5 Å². The standard InChI is InChI=1S/C22H27ClN2O9S/c1-2-8-32-20(26)6-7-21(27)33-10-4-11-34-22(28)16-12-19(35(24,29)30)17(23)13-18(16)25-14-15-5-3-9-31-15/h3,5,9,12-13,25H,2,4,6-8,10-11,14H2,1H3,(H2,24,29,30). The van der Waals surface area contributed by atoms with Gasteiger partial charge < -0.3 is 23.9 Å². The number of halogens is 1. The molecule has 11 nitrogen and oxygen atoms in total. The molecule has 0 aliphatic heterocycles. The second-order valence-electron chi connectivity index (χ2n) is 7.24. The molecule has 0 radical (unpaired) electrons. The van der Waals surface area contributed by atoms with Crippen LogP contribution < -0.4 is 10.5 Å². The summed E-state index contributed by atoms with van der Waals surface area (Å²) in [6, 6.07) is 5.69. The first kappa shape index (κ1) is 28.1. The molecule has 2 rings (SSSR count). The summed E-state index contributed by atoms with van der Waals surface area (Å²) in [5.41, 5.74) is 0.109. The first-order valence-electron chi connectivity index (χ1n) is 10.7. The Kier molecular flexibility index (Phi) is 11.0. The van der Waals surface area contributed by atoms with Crippen LogP contribution in [0.25, 0.3) is 0 Å². The van der Waals surface area contributed by atoms with E-state index < -0.39 is 32.8 Å². The predicted octanol–water partition coefficient (Wildman–Crippen LogP) is 3.02. The summed E-state index contributed by atoms with van der Waals surface area (Å²) in [7, 11) is -4.20. The predicted molar refractivity (Wildman–Crippen MR) is 125 cm³/mol. The van der Waals surface area contributed by atoms with Gasteiger partial charge in [-0.3, -0.25) is 9.59 Å². The number of nitrogens with two attached hydrogens (primary N) is 1. The largest absolute Gasteiger partial charge is 0.467 e. The fraction of sp³-hybridized carbons (Fsp3) is 0.409. The van der Waals surface area contributed by atoms with Gasteiger partial charge in [0.15, 0.2) is 0 Å². The molecule has 192 valence electrons. The van der Waals surface area contributed by atoms with Crippen LogP contribution in [0, 0.1) is 0 Å². The molecule has 0 aliphatic carbocycles. The van der Waals surface area contributed by atoms with Crippen molar-refractivity contribution in [2.75, 3.05) is 25.1 Å². The summed E-state index contributed by atoms with van der Waals surface area (Å²) in [4.78, 5) is 35.3. The first-order valence-corrected chi connectivity index (χ1v) is 12.6. The normalized spacial score (nSPS) is 11.1. The third-order valence-electron chi connectivity index (χ3n) is 4.42. The summed E-state index contributed by atoms with van der Waals surface area (Å²) in [6.07, 6.45) is 2.16. The zero-order valence-corrected chi connectivity index (χ0v) is 20.7. The van der Waals surface area contributed by atoms with Crippen LogP contribution in [0.4, 0.5) is 5.69 Å². The highest BCUT2D eigenvalue weighted by Crippen LogP contribution is 2.29. The molecule has 1 heterocycles. The van der Waals surface area contributed by atoms with Gasteiger partial charge >= 0.3 is 17.9 Å². The third-order valence-corrected chi connectivity index (χ3v) is 5.79. The Morgan fingerprint density at radius 3 is 2.31 bits per heavy atom. The molecule has 1 aromatic carbocycles. The van der Waals surface area contributed by atoms with Crippen molar-refractivity contribution in [1.29, 1.82) is 0 Å². The van der Waals surface area contributed by atoms with Crippen LogP contribution in [0.15, 0.2) is 39.8 Å². The van der Waals surface area contributed by atoms with E-state index in [-0.39, 0.29) is 55.3 Å². The van der Waals surface area contributed by atoms with E-state index in [0.717, 1.165) is 6.07 Å². The Morgan fingerprint density at radius 1 is 1.06 bits per heavy atom. The zero-order valence-electron chi connectivity index (χ0n) is 19.1. The molecule has 0 saturated carbocycles. The van der Waals surface area contributed by atoms with Crippen molar-refractivity contribution in [3.8, 4) is 0 Å². The first-order chi connectivity index (χ1) is 16.6. The minimum absolute atomic E-state index is 0.0389. The lowest BCUT2D eigenvalue weighted by Crippen LogP contribution is -2.17. The number of hydrogen-bond acceptors (Lipinski definition) is 10. The number of benzene rings is 1. The molecule has 0 spiro atoms. The quantitative estimate of drug-likeness (QED) is 0.210. The lowest BCUT2D eigenvalue weighted by Gasteiger charge is -2.14. The molecule has 35 heavy (non-hydrogen) atoms. The molecule has 0 saturated heterocycles. The van der Waals surface area contributed by atoms with Crippen LogP contribution in [0.2, 0.25) is 5.02 Å². The number of hydrogen-bond donors (Lipinski definition) is 2. The molecular weight excluding hydrogens is 504 g/mol. The van der Waals surface area contributed by atoms with Crippen LogP contribution >= 0.6 is 11.6 Å². The Hall–Kier alpha value is -3.09. The van der Waals surface area contributed by atoms with Gasteiger partial charge in [0.1, 0.15) is 10.7 Å². The average molecular weight is 531 g/mol. The van der Waals surface area contributed by atoms with E-state index in [0.29, 0.717) is 18.8 Å². The van der Waals surface area contributed by atoms with Gasteiger partial charge in [0.2, 0.25) is 10.0 Å². The number of sulfonamides is 1. The summed E-state index contributed by atoms with van der Waals surface area (Å²) in [6.45, 7) is 2.20. The van der Waals surface area contributed by atoms with E-state index in [1.165, 1.54) is 12.3 Å². The summed E-state index contributed by atoms with van der Waals surface area (Å²) in [5, 5.41) is 7.96. The second kappa shape index (κ2) is 13.7. The highest BCUT2D eigenvalue weighted by Gasteiger charge is 2.22. The lowest BCUT2D eigenvalue weighted by atomic mass is 10.1. The molecule has 1 aromatic heterocycles. The number of carbonyl (C=O) groups is 3. The topological polar surface area (TPSA) is 164 Å². The van der Waals surface area contributed by atoms with E-state index in [1.54, 1.807) is 12.1 Å². The molecule has 0 aliphatic rings. The molecular formula is C22H27ClN2O9S. The van der Waals surface area contributed by atoms with E-state index in [4.69, 9.17) is 35.4 Å². The maximum Gasteiger partial charge on any atom is 0.340 e. The summed E-state index contributed by atoms with van der Waals surface area (Å²) >= 11 is 6.04. The number of ether oxygens (including phenoxy) is 3. The van der Waals surface area contributed by atoms with Crippen LogP contribution in [-0.4, -0.2) is 46.1 Å². The third kappa shape index (κ3) is 9.59. The van der Waals surface area contributed by atoms with Crippen molar-refractivity contribution in [1.82, 2.24) is 0 Å². The molecule has 0 atom stereocenters. The lowest BCUT2D eigenvalue weighted by molar-refractivity contribution is -0.150. The number of rotatable bonds is 14. The number of furan rings is 1. The van der Waals surface area contributed by atoms with Crippen molar-refractivity contribution in [3.05, 3.63) is 46.9 Å². The molecule has 0 fully saturated rings. The highest BCUT2D eigenvalue weighted by atomic mass is 35.5. The molecule has 2 aromatic rings. The smallest absolute Gasteiger partial charge is 0.340 e. The fourth-order valence-electron chi connectivity index (χ4n) is 2.73. The van der Waals surface area contributed by atoms with Crippen LogP contribution in [0.3, 0.4) is 0 Å². The summed E-state index contributed by atoms with van der Waals surface area (Å²) < 4.78 is 43.9. The number of esters is 3. The zero-order chi connectivity index (χ0) is 25.8. The summed E-state index contributed by atoms with van der Waals surface area (Å²) in [5.74, 6) is -1.32. The van der Waals surface area contributed by atoms with Crippen molar-refractivity contribution in [2.45, 2.75) is 44.0 Å². The highest BCUT2D eigenvalue weighted by molar-refractivity contribution is 7.89. The van der Waals surface area contributed by atoms with Crippen molar-refractivity contribution in [3.63, 3.8) is 0 Å². The van der Waals surface area contributed by atoms with Crippen molar-refractivity contribution >= 4 is 45.2 Å². The Morgan fingerprint density at radius 2 is 1.71 bits per heavy atom. The van der Waals surface area contributed by atoms with Gasteiger partial charge in [0.05, 0.1) is 61.7 Å². The second-order valence-corrected chi connectivity index (χ2v) is 9.17. The van der Waals surface area contributed by atoms with Crippen molar-refractivity contribution < 1.29 is 41.4 Å². The Balaban J connectivity index is 1.91. The van der Waals surface area contributed by atoms with Gasteiger partial charge in [-0.15, -0.1) is 0 Å². The minimum atomic E-state index is -4.20. The maximum absolute atomic E-state index is 12.7. The number of nitrogens with one attached hydrogen (secondary N) is 1. The molecule has 0 amide bonds. The van der Waals surface area contributed by atoms with Crippen LogP contribution in [-0.2, 0) is 40.4 Å². The number of anilines is 1. The molecule has 0 bridgehead atoms. The van der Waals surface area contributed by atoms with E-state index in [9.17, 15) is 22.8 Å². The SMILES string of the molecule is CCCOC(=O)CCC(=O)OCCCOC(=O)c1cc(S(N)(=O)=O)c(Cl)cc1NCc1ccco1. The molecule has 3 N–H and O–H groups in total. The minimum Gasteiger partial charge on any atom is -0.467 e.